The van der Waals surface area contributed by atoms with Crippen LogP contribution in [0.5, 0.6) is 0 Å². The Morgan fingerprint density at radius 2 is 1.18 bits per heavy atom. The molecule has 0 aliphatic rings. The van der Waals surface area contributed by atoms with Crippen molar-refractivity contribution in [1.82, 2.24) is 0 Å². The van der Waals surface area contributed by atoms with Crippen LogP contribution in [0, 0.1) is 0 Å². The van der Waals surface area contributed by atoms with Gasteiger partial charge in [0.2, 0.25) is 0 Å². The first-order valence-electron chi connectivity index (χ1n) is 2.24. The van der Waals surface area contributed by atoms with Crippen LogP contribution in [0.25, 0.3) is 0 Å². The molecule has 2 unspecified atom stereocenters. The molecule has 0 aromatic rings. The van der Waals surface area contributed by atoms with Gasteiger partial charge >= 0.3 is 18.9 Å². The van der Waals surface area contributed by atoms with E-state index in [1.807, 2.05) is 0 Å². The minimum atomic E-state index is -2.44. The van der Waals surface area contributed by atoms with Gasteiger partial charge in [0.1, 0.15) is 12.2 Å². The Hall–Kier alpha value is -0.543. The smallest absolute Gasteiger partial charge is 0.547 e. The van der Waals surface area contributed by atoms with Crippen LogP contribution in [-0.2, 0) is 9.59 Å². The van der Waals surface area contributed by atoms with Crippen molar-refractivity contribution in [2.45, 2.75) is 12.2 Å². The number of carboxylic acids is 2. The van der Waals surface area contributed by atoms with Crippen LogP contribution in [0.15, 0.2) is 0 Å². The van der Waals surface area contributed by atoms with E-state index in [4.69, 9.17) is 10.2 Å². The van der Waals surface area contributed by atoms with Crippen LogP contribution in [0.2, 0.25) is 0 Å². The molecule has 0 saturated heterocycles. The second-order valence-corrected chi connectivity index (χ2v) is 1.53. The Bertz CT molecular complexity index is 139. The van der Waals surface area contributed by atoms with Gasteiger partial charge in [-0.3, -0.25) is 0 Å². The fourth-order valence-electron chi connectivity index (χ4n) is 0.258. The third-order valence-electron chi connectivity index (χ3n) is 0.782. The first-order valence-corrected chi connectivity index (χ1v) is 2.24. The summed E-state index contributed by atoms with van der Waals surface area (Å²) in [6.45, 7) is 0. The van der Waals surface area contributed by atoms with E-state index in [0.29, 0.717) is 0 Å². The molecule has 11 heavy (non-hydrogen) atoms. The standard InChI is InChI=1S/C4H6O6.Li/c5-1(3(7)8)2(6)4(9)10;/h1-2,5-6H,(H,7,8)(H,9,10);/q;+1/p-2. The maximum atomic E-state index is 9.63. The number of aliphatic hydroxyl groups excluding tert-OH is 2. The van der Waals surface area contributed by atoms with E-state index in [0.717, 1.165) is 0 Å². The number of aliphatic carboxylic acids is 2. The van der Waals surface area contributed by atoms with Crippen molar-refractivity contribution in [2.24, 2.45) is 0 Å². The first-order chi connectivity index (χ1) is 4.46. The number of aliphatic hydroxyl groups is 2. The van der Waals surface area contributed by atoms with Crippen molar-refractivity contribution in [3.05, 3.63) is 0 Å². The van der Waals surface area contributed by atoms with Gasteiger partial charge in [0.15, 0.2) is 0 Å². The average molecular weight is 155 g/mol. The zero-order chi connectivity index (χ0) is 8.31. The van der Waals surface area contributed by atoms with Crippen molar-refractivity contribution in [3.63, 3.8) is 0 Å². The van der Waals surface area contributed by atoms with E-state index in [2.05, 4.69) is 0 Å². The molecule has 0 fully saturated rings. The van der Waals surface area contributed by atoms with E-state index < -0.39 is 24.1 Å². The molecule has 0 heterocycles. The Kier molecular flexibility index (Phi) is 6.13. The van der Waals surface area contributed by atoms with Gasteiger partial charge < -0.3 is 30.0 Å². The van der Waals surface area contributed by atoms with Gasteiger partial charge in [-0.05, 0) is 0 Å². The third kappa shape index (κ3) is 4.01. The van der Waals surface area contributed by atoms with E-state index in [1.54, 1.807) is 0 Å². The number of carboxylic acid groups (broad SMARTS) is 2. The average Bonchev–Trinajstić information content (AvgIpc) is 1.84. The molecule has 0 radical (unpaired) electrons. The zero-order valence-electron chi connectivity index (χ0n) is 5.68. The molecular weight excluding hydrogens is 151 g/mol. The molecule has 2 atom stereocenters. The molecule has 7 heteroatoms. The molecular formula is C4H4LiO6-. The molecule has 0 amide bonds. The van der Waals surface area contributed by atoms with Crippen LogP contribution in [-0.4, -0.2) is 34.4 Å². The molecule has 0 aromatic heterocycles. The number of hydrogen-bond acceptors (Lipinski definition) is 6. The maximum Gasteiger partial charge on any atom is 1.00 e. The number of carbonyl (C=O) groups excluding carboxylic acids is 2. The predicted molar refractivity (Wildman–Crippen MR) is 22.0 cm³/mol. The third-order valence-corrected chi connectivity index (χ3v) is 0.782. The largest absolute Gasteiger partial charge is 1.00 e. The summed E-state index contributed by atoms with van der Waals surface area (Å²) < 4.78 is 0. The number of carbonyl (C=O) groups is 2. The van der Waals surface area contributed by atoms with Gasteiger partial charge in [-0.1, -0.05) is 0 Å². The van der Waals surface area contributed by atoms with Crippen molar-refractivity contribution < 1.29 is 48.9 Å². The Morgan fingerprint density at radius 3 is 1.27 bits per heavy atom. The summed E-state index contributed by atoms with van der Waals surface area (Å²) in [6, 6.07) is 0. The Labute approximate surface area is 73.6 Å². The molecule has 0 bridgehead atoms. The molecule has 0 spiro atoms. The van der Waals surface area contributed by atoms with Crippen molar-refractivity contribution in [1.29, 1.82) is 0 Å². The quantitative estimate of drug-likeness (QED) is 0.390. The maximum absolute atomic E-state index is 9.63. The summed E-state index contributed by atoms with van der Waals surface area (Å²) in [6.07, 6.45) is -4.88. The molecule has 58 valence electrons. The first kappa shape index (κ1) is 13.1. The SMILES string of the molecule is O=C([O-])C(O)C(O)C(=O)[O-].[Li+]. The second-order valence-electron chi connectivity index (χ2n) is 1.53. The molecule has 0 aromatic carbocycles. The van der Waals surface area contributed by atoms with Gasteiger partial charge in [-0.2, -0.15) is 0 Å². The fourth-order valence-corrected chi connectivity index (χ4v) is 0.258. The predicted octanol–water partition coefficient (Wildman–Crippen LogP) is -7.79. The molecule has 0 aliphatic heterocycles. The van der Waals surface area contributed by atoms with Crippen LogP contribution >= 0.6 is 0 Å². The van der Waals surface area contributed by atoms with Crippen LogP contribution in [0.1, 0.15) is 0 Å². The summed E-state index contributed by atoms with van der Waals surface area (Å²) in [5.41, 5.74) is 0. The minimum absolute atomic E-state index is 0. The van der Waals surface area contributed by atoms with E-state index in [1.165, 1.54) is 0 Å². The number of hydrogen-bond donors (Lipinski definition) is 2. The minimum Gasteiger partial charge on any atom is -0.547 e. The van der Waals surface area contributed by atoms with Gasteiger partial charge in [-0.25, -0.2) is 0 Å². The number of rotatable bonds is 3. The van der Waals surface area contributed by atoms with E-state index in [9.17, 15) is 19.8 Å². The molecule has 2 N–H and O–H groups in total. The van der Waals surface area contributed by atoms with Crippen molar-refractivity contribution in [3.8, 4) is 0 Å². The second kappa shape index (κ2) is 5.15. The Balaban J connectivity index is 0. The molecule has 0 rings (SSSR count). The Morgan fingerprint density at radius 1 is 1.00 bits per heavy atom. The van der Waals surface area contributed by atoms with Crippen molar-refractivity contribution >= 4 is 11.9 Å². The van der Waals surface area contributed by atoms with Crippen LogP contribution in [0.4, 0.5) is 0 Å². The summed E-state index contributed by atoms with van der Waals surface area (Å²) >= 11 is 0. The van der Waals surface area contributed by atoms with Crippen molar-refractivity contribution in [2.75, 3.05) is 0 Å². The van der Waals surface area contributed by atoms with Gasteiger partial charge in [0.05, 0.1) is 11.9 Å². The van der Waals surface area contributed by atoms with E-state index in [-0.39, 0.29) is 18.9 Å². The fraction of sp³-hybridized carbons (Fsp3) is 0.500. The van der Waals surface area contributed by atoms with E-state index >= 15 is 0 Å². The molecule has 0 aliphatic carbocycles. The van der Waals surface area contributed by atoms with Crippen LogP contribution in [0.3, 0.4) is 0 Å². The topological polar surface area (TPSA) is 121 Å². The monoisotopic (exact) mass is 155 g/mol. The molecule has 0 saturated carbocycles. The van der Waals surface area contributed by atoms with Crippen LogP contribution < -0.4 is 29.1 Å². The van der Waals surface area contributed by atoms with Gasteiger partial charge in [-0.15, -0.1) is 0 Å². The summed E-state index contributed by atoms with van der Waals surface area (Å²) in [7, 11) is 0. The summed E-state index contributed by atoms with van der Waals surface area (Å²) in [4.78, 5) is 19.3. The molecule has 6 nitrogen and oxygen atoms in total. The summed E-state index contributed by atoms with van der Waals surface area (Å²) in [5, 5.41) is 35.7. The van der Waals surface area contributed by atoms with Gasteiger partial charge in [0.25, 0.3) is 0 Å². The van der Waals surface area contributed by atoms with Gasteiger partial charge in [0, 0.05) is 0 Å². The summed E-state index contributed by atoms with van der Waals surface area (Å²) in [5.74, 6) is -4.12. The zero-order valence-corrected chi connectivity index (χ0v) is 5.68. The normalized spacial score (nSPS) is 14.4.